The van der Waals surface area contributed by atoms with Gasteiger partial charge in [0.2, 0.25) is 0 Å². The molecular weight excluding hydrogens is 555 g/mol. The van der Waals surface area contributed by atoms with E-state index in [1.54, 1.807) is 0 Å². The first-order chi connectivity index (χ1) is 13.0. The van der Waals surface area contributed by atoms with Crippen molar-refractivity contribution in [2.45, 2.75) is 37.2 Å². The van der Waals surface area contributed by atoms with Crippen LogP contribution in [0.3, 0.4) is 0 Å². The topological polar surface area (TPSA) is 18.5 Å². The van der Waals surface area contributed by atoms with Crippen molar-refractivity contribution in [2.75, 3.05) is 11.7 Å². The van der Waals surface area contributed by atoms with Gasteiger partial charge in [-0.15, -0.1) is 0 Å². The number of hydrogen-bond acceptors (Lipinski definition) is 2. The summed E-state index contributed by atoms with van der Waals surface area (Å²) in [6.45, 7) is 0. The van der Waals surface area contributed by atoms with Crippen LogP contribution in [0.25, 0.3) is 0 Å². The van der Waals surface area contributed by atoms with Crippen LogP contribution in [0.5, 0.6) is 0 Å². The lowest BCUT2D eigenvalue weighted by atomic mass is 9.93. The van der Waals surface area contributed by atoms with Gasteiger partial charge in [0.25, 0.3) is 0 Å². The highest BCUT2D eigenvalue weighted by Gasteiger charge is 2.50. The monoisotopic (exact) mass is 564 g/mol. The maximum atomic E-state index is 14.2. The van der Waals surface area contributed by atoms with E-state index in [0.29, 0.717) is 7.11 Å². The van der Waals surface area contributed by atoms with Crippen molar-refractivity contribution in [3.05, 3.63) is 34.1 Å². The molecule has 2 unspecified atom stereocenters. The van der Waals surface area contributed by atoms with Gasteiger partial charge in [-0.1, -0.05) is 22.6 Å². The number of methoxy groups -OCH3 is 1. The van der Waals surface area contributed by atoms with E-state index in [1.807, 2.05) is 0 Å². The van der Waals surface area contributed by atoms with Crippen molar-refractivity contribution < 1.29 is 62.2 Å². The molecule has 0 N–H and O–H groups in total. The zero-order chi connectivity index (χ0) is 22.9. The van der Waals surface area contributed by atoms with Crippen molar-refractivity contribution >= 4 is 22.6 Å². The van der Waals surface area contributed by atoms with Crippen LogP contribution >= 0.6 is 22.6 Å². The van der Waals surface area contributed by atoms with Crippen molar-refractivity contribution in [3.8, 4) is 0 Å². The normalized spacial score (nSPS) is 15.5. The number of ether oxygens (including phenoxy) is 2. The molecule has 0 aliphatic heterocycles. The lowest BCUT2D eigenvalue weighted by Gasteiger charge is -2.28. The lowest BCUT2D eigenvalue weighted by Crippen LogP contribution is -2.34. The van der Waals surface area contributed by atoms with Crippen molar-refractivity contribution in [1.82, 2.24) is 0 Å². The molecule has 2 atom stereocenters. The van der Waals surface area contributed by atoms with Gasteiger partial charge in [0.05, 0.1) is 10.7 Å². The Kier molecular flexibility index (Phi) is 8.12. The standard InChI is InChI=1S/C14H9F12IO2/c1-28-5(12(18,19)20)2-4(29-3-27)6-7(13(21,22)23)10(16)8(14(24,25)26)11(17)9(6)15/h4-5H,2-3H2,1H3. The van der Waals surface area contributed by atoms with Crippen LogP contribution < -0.4 is 0 Å². The highest BCUT2D eigenvalue weighted by atomic mass is 127. The Labute approximate surface area is 168 Å². The van der Waals surface area contributed by atoms with Crippen molar-refractivity contribution in [3.63, 3.8) is 0 Å². The Bertz CT molecular complexity index is 726. The maximum absolute atomic E-state index is 14.2. The van der Waals surface area contributed by atoms with E-state index in [1.165, 1.54) is 22.6 Å². The summed E-state index contributed by atoms with van der Waals surface area (Å²) in [6.07, 6.45) is -24.4. The average molecular weight is 564 g/mol. The van der Waals surface area contributed by atoms with E-state index in [9.17, 15) is 52.7 Å². The Morgan fingerprint density at radius 3 is 1.62 bits per heavy atom. The zero-order valence-electron chi connectivity index (χ0n) is 13.8. The third kappa shape index (κ3) is 5.80. The Morgan fingerprint density at radius 1 is 0.793 bits per heavy atom. The molecule has 0 bridgehead atoms. The number of halogens is 13. The highest BCUT2D eigenvalue weighted by molar-refractivity contribution is 14.1. The predicted octanol–water partition coefficient (Wildman–Crippen LogP) is 6.56. The number of hydrogen-bond donors (Lipinski definition) is 0. The fourth-order valence-corrected chi connectivity index (χ4v) is 2.84. The van der Waals surface area contributed by atoms with Gasteiger partial charge in [0.15, 0.2) is 23.6 Å². The van der Waals surface area contributed by atoms with E-state index in [2.05, 4.69) is 9.47 Å². The molecule has 0 saturated heterocycles. The van der Waals surface area contributed by atoms with Crippen LogP contribution in [0.15, 0.2) is 0 Å². The minimum atomic E-state index is -6.06. The van der Waals surface area contributed by atoms with Gasteiger partial charge in [-0.05, 0) is 0 Å². The molecule has 2 nitrogen and oxygen atoms in total. The van der Waals surface area contributed by atoms with Gasteiger partial charge in [-0.25, -0.2) is 13.2 Å². The van der Waals surface area contributed by atoms with Gasteiger partial charge >= 0.3 is 18.5 Å². The third-order valence-electron chi connectivity index (χ3n) is 3.59. The van der Waals surface area contributed by atoms with Crippen LogP contribution in [-0.4, -0.2) is 24.0 Å². The fourth-order valence-electron chi connectivity index (χ4n) is 2.41. The summed E-state index contributed by atoms with van der Waals surface area (Å²) < 4.78 is 167. The van der Waals surface area contributed by atoms with E-state index in [-0.39, 0.29) is 0 Å². The Hall–Kier alpha value is -0.970. The smallest absolute Gasteiger partial charge is 0.372 e. The molecule has 1 rings (SSSR count). The lowest BCUT2D eigenvalue weighted by molar-refractivity contribution is -0.221. The van der Waals surface area contributed by atoms with Crippen LogP contribution in [0.1, 0.15) is 29.2 Å². The molecule has 0 aliphatic carbocycles. The van der Waals surface area contributed by atoms with Gasteiger partial charge < -0.3 is 9.47 Å². The van der Waals surface area contributed by atoms with E-state index < -0.39 is 75.9 Å². The molecule has 0 amide bonds. The molecule has 0 aromatic heterocycles. The van der Waals surface area contributed by atoms with Crippen molar-refractivity contribution in [1.29, 1.82) is 0 Å². The summed E-state index contributed by atoms with van der Waals surface area (Å²) in [5.41, 5.74) is -8.25. The first kappa shape index (κ1) is 26.1. The second-order valence-electron chi connectivity index (χ2n) is 5.37. The van der Waals surface area contributed by atoms with Gasteiger partial charge in [-0.3, -0.25) is 0 Å². The van der Waals surface area contributed by atoms with E-state index in [0.717, 1.165) is 0 Å². The van der Waals surface area contributed by atoms with Crippen LogP contribution in [0.4, 0.5) is 52.7 Å². The van der Waals surface area contributed by atoms with Gasteiger partial charge in [0.1, 0.15) is 11.1 Å². The molecule has 1 aromatic carbocycles. The zero-order valence-corrected chi connectivity index (χ0v) is 16.0. The quantitative estimate of drug-likeness (QED) is 0.169. The second-order valence-corrected chi connectivity index (χ2v) is 5.99. The van der Waals surface area contributed by atoms with Crippen LogP contribution in [-0.2, 0) is 21.8 Å². The van der Waals surface area contributed by atoms with Crippen LogP contribution in [0, 0.1) is 17.5 Å². The Morgan fingerprint density at radius 2 is 1.28 bits per heavy atom. The number of benzene rings is 1. The average Bonchev–Trinajstić information content (AvgIpc) is 2.51. The molecule has 29 heavy (non-hydrogen) atoms. The summed E-state index contributed by atoms with van der Waals surface area (Å²) in [7, 11) is 0.494. The summed E-state index contributed by atoms with van der Waals surface area (Å²) in [4.78, 5) is 0. The number of alkyl halides is 10. The van der Waals surface area contributed by atoms with Crippen LogP contribution in [0.2, 0.25) is 0 Å². The first-order valence-corrected chi connectivity index (χ1v) is 8.62. The predicted molar refractivity (Wildman–Crippen MR) is 80.5 cm³/mol. The SMILES string of the molecule is COC(CC(OCI)c1c(F)c(F)c(C(F)(F)F)c(F)c1C(F)(F)F)C(F)(F)F. The number of rotatable bonds is 6. The summed E-state index contributed by atoms with van der Waals surface area (Å²) in [6, 6.07) is 0. The second kappa shape index (κ2) is 9.03. The summed E-state index contributed by atoms with van der Waals surface area (Å²) in [5, 5.41) is 0. The Balaban J connectivity index is 3.86. The fraction of sp³-hybridized carbons (Fsp3) is 0.571. The van der Waals surface area contributed by atoms with E-state index in [4.69, 9.17) is 0 Å². The minimum Gasteiger partial charge on any atom is -0.372 e. The minimum absolute atomic E-state index is 0.494. The largest absolute Gasteiger partial charge is 0.422 e. The molecule has 0 spiro atoms. The molecule has 0 saturated carbocycles. The molecule has 0 radical (unpaired) electrons. The van der Waals surface area contributed by atoms with Gasteiger partial charge in [-0.2, -0.15) is 39.5 Å². The summed E-state index contributed by atoms with van der Waals surface area (Å²) >= 11 is 1.27. The first-order valence-electron chi connectivity index (χ1n) is 7.10. The maximum Gasteiger partial charge on any atom is 0.422 e. The molecule has 15 heteroatoms. The summed E-state index contributed by atoms with van der Waals surface area (Å²) in [5.74, 6) is -9.10. The molecule has 0 heterocycles. The van der Waals surface area contributed by atoms with E-state index >= 15 is 0 Å². The van der Waals surface area contributed by atoms with Gasteiger partial charge in [0, 0.05) is 19.1 Å². The molecule has 0 fully saturated rings. The van der Waals surface area contributed by atoms with Crippen molar-refractivity contribution in [2.24, 2.45) is 0 Å². The molecule has 168 valence electrons. The highest BCUT2D eigenvalue weighted by Crippen LogP contribution is 2.46. The molecular formula is C14H9F12IO2. The molecule has 0 aliphatic rings. The molecule has 1 aromatic rings. The third-order valence-corrected chi connectivity index (χ3v) is 3.95.